The van der Waals surface area contributed by atoms with Crippen molar-refractivity contribution in [1.29, 1.82) is 0 Å². The molecule has 0 rings (SSSR count). The van der Waals surface area contributed by atoms with Gasteiger partial charge in [0.1, 0.15) is 13.6 Å². The molecule has 0 fully saturated rings. The standard InChI is InChI=1S/C14H20.C10H18O2.2CH2O.I2/c1-5-6-7-8-11-14(4)12-9-10-13(2)3;1-5-6-7-8-9(2)10(11-3)12-4;3*1-2/h5-12H,1-4H3;6-8,10H,5H2,1-4H3;2*1H2;/b6-5-,8-7+,12-9+,14-11+;7-6+,9-8+;;;. The second-order valence-electron chi connectivity index (χ2n) is 5.97. The van der Waals surface area contributed by atoms with Crippen LogP contribution in [0.3, 0.4) is 0 Å². The van der Waals surface area contributed by atoms with Gasteiger partial charge in [0.25, 0.3) is 0 Å². The summed E-state index contributed by atoms with van der Waals surface area (Å²) in [6.07, 6.45) is 23.4. The summed E-state index contributed by atoms with van der Waals surface area (Å²) in [5, 5.41) is 0. The molecule has 0 aliphatic rings. The third-order valence-electron chi connectivity index (χ3n) is 3.09. The van der Waals surface area contributed by atoms with Gasteiger partial charge in [-0.15, -0.1) is 0 Å². The van der Waals surface area contributed by atoms with E-state index < -0.39 is 0 Å². The summed E-state index contributed by atoms with van der Waals surface area (Å²) in [4.78, 5) is 16.0. The highest BCUT2D eigenvalue weighted by Crippen LogP contribution is 2.05. The molecule has 0 atom stereocenters. The minimum atomic E-state index is -0.216. The predicted molar refractivity (Wildman–Crippen MR) is 160 cm³/mol. The van der Waals surface area contributed by atoms with Gasteiger partial charge < -0.3 is 19.1 Å². The van der Waals surface area contributed by atoms with Gasteiger partial charge in [0.15, 0.2) is 6.29 Å². The van der Waals surface area contributed by atoms with E-state index in [9.17, 15) is 0 Å². The highest BCUT2D eigenvalue weighted by Gasteiger charge is 2.04. The average molecular weight is 672 g/mol. The van der Waals surface area contributed by atoms with Gasteiger partial charge in [-0.2, -0.15) is 0 Å². The van der Waals surface area contributed by atoms with E-state index in [1.165, 1.54) is 11.1 Å². The number of carbonyl (C=O) groups is 2. The van der Waals surface area contributed by atoms with Crippen LogP contribution in [0, 0.1) is 0 Å². The summed E-state index contributed by atoms with van der Waals surface area (Å²) in [6.45, 7) is 16.4. The van der Waals surface area contributed by atoms with Crippen LogP contribution in [0.4, 0.5) is 0 Å². The number of hydrogen-bond donors (Lipinski definition) is 0. The molecule has 0 saturated carbocycles. The van der Waals surface area contributed by atoms with Crippen molar-refractivity contribution in [2.45, 2.75) is 54.3 Å². The lowest BCUT2D eigenvalue weighted by molar-refractivity contribution is -0.0987. The Morgan fingerprint density at radius 3 is 1.75 bits per heavy atom. The van der Waals surface area contributed by atoms with E-state index in [0.717, 1.165) is 12.0 Å². The van der Waals surface area contributed by atoms with Crippen molar-refractivity contribution in [3.63, 3.8) is 0 Å². The van der Waals surface area contributed by atoms with Crippen LogP contribution in [0.1, 0.15) is 48.0 Å². The lowest BCUT2D eigenvalue weighted by atomic mass is 10.2. The van der Waals surface area contributed by atoms with Crippen molar-refractivity contribution < 1.29 is 19.1 Å². The van der Waals surface area contributed by atoms with E-state index in [0.29, 0.717) is 0 Å². The first-order valence-corrected chi connectivity index (χ1v) is 16.1. The molecule has 0 unspecified atom stereocenters. The molecule has 0 saturated heterocycles. The van der Waals surface area contributed by atoms with Crippen molar-refractivity contribution in [2.24, 2.45) is 0 Å². The van der Waals surface area contributed by atoms with Gasteiger partial charge in [0, 0.05) is 51.5 Å². The average Bonchev–Trinajstić information content (AvgIpc) is 2.82. The van der Waals surface area contributed by atoms with Crippen molar-refractivity contribution in [3.8, 4) is 0 Å². The molecule has 0 aromatic rings. The number of methoxy groups -OCH3 is 2. The van der Waals surface area contributed by atoms with Gasteiger partial charge in [0.2, 0.25) is 0 Å². The minimum absolute atomic E-state index is 0.216. The quantitative estimate of drug-likeness (QED) is 0.140. The van der Waals surface area contributed by atoms with E-state index in [1.807, 2.05) is 63.9 Å². The summed E-state index contributed by atoms with van der Waals surface area (Å²) in [6, 6.07) is 0. The first-order valence-electron chi connectivity index (χ1n) is 9.81. The molecule has 184 valence electrons. The fourth-order valence-electron chi connectivity index (χ4n) is 1.73. The molecule has 4 nitrogen and oxygen atoms in total. The monoisotopic (exact) mass is 672 g/mol. The fourth-order valence-corrected chi connectivity index (χ4v) is 1.73. The molecule has 0 heterocycles. The van der Waals surface area contributed by atoms with Gasteiger partial charge in [-0.25, -0.2) is 0 Å². The molecule has 0 bridgehead atoms. The van der Waals surface area contributed by atoms with Gasteiger partial charge in [-0.1, -0.05) is 84.9 Å². The SMILES string of the molecule is C=O.C=O.CC/C=C/C=C(\C)C(OC)OC.C\C=C/C=C/C=C(C)/C=C/C=C(C)C.II. The van der Waals surface area contributed by atoms with Crippen LogP contribution in [0.5, 0.6) is 0 Å². The number of carbonyl (C=O) groups excluding carboxylic acids is 2. The maximum absolute atomic E-state index is 8.00. The first-order chi connectivity index (χ1) is 15.4. The Morgan fingerprint density at radius 1 is 0.812 bits per heavy atom. The van der Waals surface area contributed by atoms with Gasteiger partial charge in [-0.05, 0) is 46.6 Å². The second-order valence-corrected chi connectivity index (χ2v) is 5.97. The van der Waals surface area contributed by atoms with Crippen LogP contribution in [0.15, 0.2) is 83.6 Å². The van der Waals surface area contributed by atoms with Crippen LogP contribution >= 0.6 is 37.2 Å². The molecule has 0 N–H and O–H groups in total. The highest BCUT2D eigenvalue weighted by atomic mass is 128. The molecule has 0 radical (unpaired) electrons. The molecule has 0 aromatic heterocycles. The lowest BCUT2D eigenvalue weighted by Crippen LogP contribution is -2.13. The molecular weight excluding hydrogens is 630 g/mol. The number of ether oxygens (including phenoxy) is 2. The highest BCUT2D eigenvalue weighted by molar-refractivity contribution is 15.0. The lowest BCUT2D eigenvalue weighted by Gasteiger charge is -2.12. The van der Waals surface area contributed by atoms with E-state index in [-0.39, 0.29) is 6.29 Å². The van der Waals surface area contributed by atoms with Crippen molar-refractivity contribution in [1.82, 2.24) is 0 Å². The zero-order valence-corrected chi connectivity index (χ0v) is 25.3. The van der Waals surface area contributed by atoms with Crippen LogP contribution in [0.2, 0.25) is 0 Å². The molecule has 0 amide bonds. The van der Waals surface area contributed by atoms with E-state index in [2.05, 4.69) is 95.3 Å². The summed E-state index contributed by atoms with van der Waals surface area (Å²) < 4.78 is 10.1. The molecule has 32 heavy (non-hydrogen) atoms. The van der Waals surface area contributed by atoms with Crippen molar-refractivity contribution in [2.75, 3.05) is 14.2 Å². The minimum Gasteiger partial charge on any atom is -0.352 e. The van der Waals surface area contributed by atoms with Gasteiger partial charge in [0.05, 0.1) is 0 Å². The normalized spacial score (nSPS) is 11.2. The Kier molecular flexibility index (Phi) is 51.8. The predicted octanol–water partition coefficient (Wildman–Crippen LogP) is 8.51. The van der Waals surface area contributed by atoms with E-state index >= 15 is 0 Å². The molecule has 0 aliphatic carbocycles. The number of halogens is 2. The zero-order chi connectivity index (χ0) is 26.2. The largest absolute Gasteiger partial charge is 0.352 e. The number of hydrogen-bond acceptors (Lipinski definition) is 4. The molecule has 0 aromatic carbocycles. The van der Waals surface area contributed by atoms with E-state index in [4.69, 9.17) is 19.1 Å². The zero-order valence-electron chi connectivity index (χ0n) is 20.9. The maximum atomic E-state index is 8.00. The Morgan fingerprint density at radius 2 is 1.34 bits per heavy atom. The number of rotatable bonds is 9. The van der Waals surface area contributed by atoms with Gasteiger partial charge in [-0.3, -0.25) is 0 Å². The molecular formula is C26H42I2O4. The van der Waals surface area contributed by atoms with Gasteiger partial charge >= 0.3 is 0 Å². The van der Waals surface area contributed by atoms with Crippen LogP contribution in [-0.2, 0) is 19.1 Å². The maximum Gasteiger partial charge on any atom is 0.179 e. The smallest absolute Gasteiger partial charge is 0.179 e. The second kappa shape index (κ2) is 40.3. The third-order valence-corrected chi connectivity index (χ3v) is 3.09. The van der Waals surface area contributed by atoms with Crippen LogP contribution in [0.25, 0.3) is 0 Å². The summed E-state index contributed by atoms with van der Waals surface area (Å²) in [7, 11) is 3.27. The summed E-state index contributed by atoms with van der Waals surface area (Å²) in [5.74, 6) is 0. The first kappa shape index (κ1) is 41.2. The molecule has 0 aliphatic heterocycles. The molecule has 0 spiro atoms. The van der Waals surface area contributed by atoms with E-state index in [1.54, 1.807) is 14.2 Å². The Hall–Kier alpha value is -1.10. The van der Waals surface area contributed by atoms with Crippen molar-refractivity contribution in [3.05, 3.63) is 83.6 Å². The Labute approximate surface area is 220 Å². The molecule has 6 heteroatoms. The summed E-state index contributed by atoms with van der Waals surface area (Å²) in [5.41, 5.74) is 3.64. The van der Waals surface area contributed by atoms with Crippen LogP contribution < -0.4 is 0 Å². The topological polar surface area (TPSA) is 52.6 Å². The third kappa shape index (κ3) is 39.4. The summed E-state index contributed by atoms with van der Waals surface area (Å²) >= 11 is 4.24. The van der Waals surface area contributed by atoms with Crippen LogP contribution in [-0.4, -0.2) is 34.1 Å². The fraction of sp³-hybridized carbons (Fsp3) is 0.385. The number of allylic oxidation sites excluding steroid dienone is 13. The Bertz CT molecular complexity index is 577. The van der Waals surface area contributed by atoms with Crippen molar-refractivity contribution >= 4 is 50.8 Å². The Balaban J connectivity index is -0.000000123.